The number of amides is 2. The Morgan fingerprint density at radius 1 is 1.38 bits per heavy atom. The van der Waals surface area contributed by atoms with Crippen molar-refractivity contribution in [2.24, 2.45) is 0 Å². The van der Waals surface area contributed by atoms with Crippen LogP contribution in [0.3, 0.4) is 0 Å². The number of nitrogens with zero attached hydrogens (tertiary/aromatic N) is 2. The molecule has 2 amide bonds. The number of rotatable bonds is 3. The Morgan fingerprint density at radius 2 is 2.12 bits per heavy atom. The zero-order valence-electron chi connectivity index (χ0n) is 8.96. The lowest BCUT2D eigenvalue weighted by Gasteiger charge is -2.32. The first kappa shape index (κ1) is 11.1. The molecule has 0 atom stereocenters. The van der Waals surface area contributed by atoms with Gasteiger partial charge in [-0.1, -0.05) is 6.07 Å². The highest BCUT2D eigenvalue weighted by atomic mass is 32.1. The van der Waals surface area contributed by atoms with E-state index in [0.717, 1.165) is 11.3 Å². The fraction of sp³-hybridized carbons (Fsp3) is 0.455. The maximum absolute atomic E-state index is 11.9. The van der Waals surface area contributed by atoms with Crippen molar-refractivity contribution in [2.75, 3.05) is 26.2 Å². The van der Waals surface area contributed by atoms with Crippen LogP contribution in [0.1, 0.15) is 4.88 Å². The van der Waals surface area contributed by atoms with Crippen molar-refractivity contribution in [2.45, 2.75) is 6.42 Å². The summed E-state index contributed by atoms with van der Waals surface area (Å²) in [6.07, 6.45) is 1.33. The molecular weight excluding hydrogens is 224 g/mol. The summed E-state index contributed by atoms with van der Waals surface area (Å²) in [5.41, 5.74) is 0. The van der Waals surface area contributed by atoms with Gasteiger partial charge in [0, 0.05) is 31.1 Å². The summed E-state index contributed by atoms with van der Waals surface area (Å²) >= 11 is 1.61. The van der Waals surface area contributed by atoms with Crippen molar-refractivity contribution in [1.29, 1.82) is 0 Å². The molecule has 1 fully saturated rings. The maximum Gasteiger partial charge on any atom is 0.227 e. The molecule has 1 aliphatic rings. The Labute approximate surface area is 98.5 Å². The second-order valence-electron chi connectivity index (χ2n) is 3.78. The van der Waals surface area contributed by atoms with Gasteiger partial charge in [-0.3, -0.25) is 9.59 Å². The van der Waals surface area contributed by atoms with E-state index in [4.69, 9.17) is 0 Å². The minimum absolute atomic E-state index is 0.160. The maximum atomic E-state index is 11.9. The highest BCUT2D eigenvalue weighted by molar-refractivity contribution is 7.10. The quantitative estimate of drug-likeness (QED) is 0.723. The van der Waals surface area contributed by atoms with Gasteiger partial charge in [0.05, 0.1) is 6.42 Å². The molecule has 0 aliphatic carbocycles. The summed E-state index contributed by atoms with van der Waals surface area (Å²) in [7, 11) is 0. The first-order chi connectivity index (χ1) is 7.79. The van der Waals surface area contributed by atoms with Gasteiger partial charge in [-0.15, -0.1) is 11.3 Å². The largest absolute Gasteiger partial charge is 0.342 e. The van der Waals surface area contributed by atoms with Gasteiger partial charge in [0.25, 0.3) is 0 Å². The zero-order chi connectivity index (χ0) is 11.4. The van der Waals surface area contributed by atoms with Crippen LogP contribution in [0.5, 0.6) is 0 Å². The molecular formula is C11H14N2O2S. The first-order valence-electron chi connectivity index (χ1n) is 5.29. The predicted molar refractivity (Wildman–Crippen MR) is 62.2 cm³/mol. The molecule has 0 radical (unpaired) electrons. The van der Waals surface area contributed by atoms with Crippen LogP contribution in [0.25, 0.3) is 0 Å². The smallest absolute Gasteiger partial charge is 0.227 e. The molecule has 1 aliphatic heterocycles. The van der Waals surface area contributed by atoms with Crippen molar-refractivity contribution in [3.63, 3.8) is 0 Å². The first-order valence-corrected chi connectivity index (χ1v) is 6.17. The van der Waals surface area contributed by atoms with Gasteiger partial charge in [0.15, 0.2) is 0 Å². The average Bonchev–Trinajstić information content (AvgIpc) is 2.82. The SMILES string of the molecule is O=CN1CCN(C(=O)Cc2cccs2)CC1. The fourth-order valence-corrected chi connectivity index (χ4v) is 2.45. The second kappa shape index (κ2) is 5.12. The number of hydrogen-bond acceptors (Lipinski definition) is 3. The molecule has 0 unspecified atom stereocenters. The molecule has 5 heteroatoms. The summed E-state index contributed by atoms with van der Waals surface area (Å²) in [5, 5.41) is 1.98. The molecule has 0 saturated carbocycles. The molecule has 0 spiro atoms. The van der Waals surface area contributed by atoms with Crippen LogP contribution in [-0.4, -0.2) is 48.3 Å². The standard InChI is InChI=1S/C11H14N2O2S/c14-9-12-3-5-13(6-4-12)11(15)8-10-2-1-7-16-10/h1-2,7,9H,3-6,8H2. The highest BCUT2D eigenvalue weighted by Crippen LogP contribution is 2.11. The minimum atomic E-state index is 0.160. The number of carbonyl (C=O) groups is 2. The van der Waals surface area contributed by atoms with Crippen molar-refractivity contribution in [1.82, 2.24) is 9.80 Å². The van der Waals surface area contributed by atoms with Crippen LogP contribution < -0.4 is 0 Å². The van der Waals surface area contributed by atoms with Crippen molar-refractivity contribution < 1.29 is 9.59 Å². The molecule has 1 aromatic rings. The topological polar surface area (TPSA) is 40.6 Å². The van der Waals surface area contributed by atoms with E-state index in [1.54, 1.807) is 16.2 Å². The van der Waals surface area contributed by atoms with Crippen LogP contribution in [0, 0.1) is 0 Å². The van der Waals surface area contributed by atoms with Crippen LogP contribution in [0.15, 0.2) is 17.5 Å². The Bertz CT molecular complexity index is 356. The predicted octanol–water partition coefficient (Wildman–Crippen LogP) is 0.591. The molecule has 4 nitrogen and oxygen atoms in total. The summed E-state index contributed by atoms with van der Waals surface area (Å²) in [6.45, 7) is 2.62. The fourth-order valence-electron chi connectivity index (χ4n) is 1.75. The lowest BCUT2D eigenvalue weighted by Crippen LogP contribution is -2.48. The Kier molecular flexibility index (Phi) is 3.56. The lowest BCUT2D eigenvalue weighted by molar-refractivity contribution is -0.134. The van der Waals surface area contributed by atoms with Crippen LogP contribution in [-0.2, 0) is 16.0 Å². The van der Waals surface area contributed by atoms with E-state index in [2.05, 4.69) is 0 Å². The number of carbonyl (C=O) groups excluding carboxylic acids is 2. The van der Waals surface area contributed by atoms with Crippen molar-refractivity contribution in [3.8, 4) is 0 Å². The van der Waals surface area contributed by atoms with Gasteiger partial charge >= 0.3 is 0 Å². The third kappa shape index (κ3) is 2.61. The van der Waals surface area contributed by atoms with Gasteiger partial charge in [0.1, 0.15) is 0 Å². The summed E-state index contributed by atoms with van der Waals surface area (Å²) in [6, 6.07) is 3.93. The summed E-state index contributed by atoms with van der Waals surface area (Å²) in [4.78, 5) is 27.0. The van der Waals surface area contributed by atoms with Crippen LogP contribution in [0.2, 0.25) is 0 Å². The Hall–Kier alpha value is -1.36. The molecule has 0 bridgehead atoms. The average molecular weight is 238 g/mol. The van der Waals surface area contributed by atoms with Crippen LogP contribution >= 0.6 is 11.3 Å². The van der Waals surface area contributed by atoms with Gasteiger partial charge in [0.2, 0.25) is 12.3 Å². The lowest BCUT2D eigenvalue weighted by atomic mass is 10.2. The molecule has 16 heavy (non-hydrogen) atoms. The molecule has 86 valence electrons. The van der Waals surface area contributed by atoms with E-state index in [0.29, 0.717) is 32.6 Å². The van der Waals surface area contributed by atoms with Gasteiger partial charge < -0.3 is 9.80 Å². The van der Waals surface area contributed by atoms with Gasteiger partial charge in [-0.25, -0.2) is 0 Å². The van der Waals surface area contributed by atoms with E-state index in [1.165, 1.54) is 0 Å². The molecule has 0 aromatic carbocycles. The van der Waals surface area contributed by atoms with E-state index < -0.39 is 0 Å². The molecule has 2 heterocycles. The number of piperazine rings is 1. The molecule has 1 aromatic heterocycles. The van der Waals surface area contributed by atoms with Crippen molar-refractivity contribution in [3.05, 3.63) is 22.4 Å². The van der Waals surface area contributed by atoms with E-state index in [-0.39, 0.29) is 5.91 Å². The third-order valence-electron chi connectivity index (χ3n) is 2.72. The molecule has 1 saturated heterocycles. The van der Waals surface area contributed by atoms with E-state index in [1.807, 2.05) is 22.4 Å². The van der Waals surface area contributed by atoms with Crippen molar-refractivity contribution >= 4 is 23.7 Å². The second-order valence-corrected chi connectivity index (χ2v) is 4.81. The van der Waals surface area contributed by atoms with Gasteiger partial charge in [-0.2, -0.15) is 0 Å². The third-order valence-corrected chi connectivity index (χ3v) is 3.60. The molecule has 2 rings (SSSR count). The van der Waals surface area contributed by atoms with E-state index in [9.17, 15) is 9.59 Å². The van der Waals surface area contributed by atoms with E-state index >= 15 is 0 Å². The minimum Gasteiger partial charge on any atom is -0.342 e. The van der Waals surface area contributed by atoms with Gasteiger partial charge in [-0.05, 0) is 11.4 Å². The molecule has 0 N–H and O–H groups in total. The number of thiophene rings is 1. The Balaban J connectivity index is 1.84. The van der Waals surface area contributed by atoms with Crippen LogP contribution in [0.4, 0.5) is 0 Å². The summed E-state index contributed by atoms with van der Waals surface area (Å²) < 4.78 is 0. The normalized spacial score (nSPS) is 16.2. The summed E-state index contributed by atoms with van der Waals surface area (Å²) in [5.74, 6) is 0.160. The Morgan fingerprint density at radius 3 is 2.69 bits per heavy atom. The highest BCUT2D eigenvalue weighted by Gasteiger charge is 2.20. The number of hydrogen-bond donors (Lipinski definition) is 0. The zero-order valence-corrected chi connectivity index (χ0v) is 9.78. The monoisotopic (exact) mass is 238 g/mol.